The van der Waals surface area contributed by atoms with Crippen LogP contribution >= 0.6 is 0 Å². The molecule has 76 valence electrons. The third-order valence-electron chi connectivity index (χ3n) is 3.38. The molecule has 1 aliphatic rings. The maximum Gasteiger partial charge on any atom is 0.119 e. The van der Waals surface area contributed by atoms with Crippen LogP contribution in [0.2, 0.25) is 0 Å². The Labute approximate surface area is 86.1 Å². The van der Waals surface area contributed by atoms with E-state index in [2.05, 4.69) is 25.1 Å². The second-order valence-electron chi connectivity index (χ2n) is 4.29. The maximum atomic E-state index is 5.25. The van der Waals surface area contributed by atoms with Gasteiger partial charge in [0.1, 0.15) is 5.75 Å². The molecule has 2 atom stereocenters. The average molecular weight is 190 g/mol. The Kier molecular flexibility index (Phi) is 2.76. The lowest BCUT2D eigenvalue weighted by Gasteiger charge is -2.16. The molecule has 0 radical (unpaired) electrons. The third kappa shape index (κ3) is 1.77. The van der Waals surface area contributed by atoms with Gasteiger partial charge in [-0.1, -0.05) is 31.9 Å². The number of ether oxygens (including phenoxy) is 1. The summed E-state index contributed by atoms with van der Waals surface area (Å²) in [5.74, 6) is 2.58. The lowest BCUT2D eigenvalue weighted by molar-refractivity contribution is 0.413. The van der Waals surface area contributed by atoms with Crippen molar-refractivity contribution in [3.63, 3.8) is 0 Å². The molecule has 1 aromatic carbocycles. The first-order valence-electron chi connectivity index (χ1n) is 5.45. The molecule has 0 spiro atoms. The van der Waals surface area contributed by atoms with Crippen molar-refractivity contribution in [2.24, 2.45) is 5.92 Å². The second kappa shape index (κ2) is 4.04. The lowest BCUT2D eigenvalue weighted by Crippen LogP contribution is -2.01. The van der Waals surface area contributed by atoms with Gasteiger partial charge in [-0.15, -0.1) is 0 Å². The summed E-state index contributed by atoms with van der Waals surface area (Å²) in [6.45, 7) is 2.36. The average Bonchev–Trinajstić information content (AvgIpc) is 2.65. The van der Waals surface area contributed by atoms with E-state index in [4.69, 9.17) is 4.74 Å². The van der Waals surface area contributed by atoms with Crippen LogP contribution < -0.4 is 4.74 Å². The first kappa shape index (κ1) is 9.57. The monoisotopic (exact) mass is 190 g/mol. The molecular weight excluding hydrogens is 172 g/mol. The molecule has 1 saturated carbocycles. The summed E-state index contributed by atoms with van der Waals surface area (Å²) in [7, 11) is 1.73. The van der Waals surface area contributed by atoms with E-state index in [0.29, 0.717) is 0 Å². The molecule has 0 aromatic heterocycles. The fraction of sp³-hybridized carbons (Fsp3) is 0.538. The van der Waals surface area contributed by atoms with Crippen molar-refractivity contribution < 1.29 is 4.74 Å². The molecule has 0 aliphatic heterocycles. The Morgan fingerprint density at radius 2 is 2.14 bits per heavy atom. The van der Waals surface area contributed by atoms with Gasteiger partial charge >= 0.3 is 0 Å². The van der Waals surface area contributed by atoms with Crippen LogP contribution in [-0.2, 0) is 0 Å². The van der Waals surface area contributed by atoms with Gasteiger partial charge in [0.15, 0.2) is 0 Å². The molecule has 1 heteroatoms. The van der Waals surface area contributed by atoms with Crippen LogP contribution in [0.4, 0.5) is 0 Å². The first-order valence-corrected chi connectivity index (χ1v) is 5.45. The zero-order valence-electron chi connectivity index (χ0n) is 8.99. The van der Waals surface area contributed by atoms with Crippen molar-refractivity contribution in [2.45, 2.75) is 32.1 Å². The molecular formula is C13H18O. The predicted molar refractivity (Wildman–Crippen MR) is 58.8 cm³/mol. The topological polar surface area (TPSA) is 9.23 Å². The minimum absolute atomic E-state index is 0.755. The SMILES string of the molecule is COc1cccc([C@@H]2CCC[C@H]2C)c1. The van der Waals surface area contributed by atoms with E-state index in [1.54, 1.807) is 7.11 Å². The first-order chi connectivity index (χ1) is 6.81. The molecule has 1 fully saturated rings. The highest BCUT2D eigenvalue weighted by molar-refractivity contribution is 5.31. The number of hydrogen-bond donors (Lipinski definition) is 0. The molecule has 1 aliphatic carbocycles. The van der Waals surface area contributed by atoms with E-state index >= 15 is 0 Å². The fourth-order valence-corrected chi connectivity index (χ4v) is 2.51. The van der Waals surface area contributed by atoms with E-state index in [9.17, 15) is 0 Å². The van der Waals surface area contributed by atoms with Crippen molar-refractivity contribution in [1.82, 2.24) is 0 Å². The molecule has 0 saturated heterocycles. The maximum absolute atomic E-state index is 5.25. The van der Waals surface area contributed by atoms with Crippen LogP contribution in [0.25, 0.3) is 0 Å². The van der Waals surface area contributed by atoms with Gasteiger partial charge in [0.25, 0.3) is 0 Å². The van der Waals surface area contributed by atoms with Gasteiger partial charge in [0, 0.05) is 0 Å². The van der Waals surface area contributed by atoms with Crippen LogP contribution in [0.3, 0.4) is 0 Å². The van der Waals surface area contributed by atoms with E-state index in [1.165, 1.54) is 24.8 Å². The highest BCUT2D eigenvalue weighted by Crippen LogP contribution is 2.39. The normalized spacial score (nSPS) is 26.4. The van der Waals surface area contributed by atoms with Gasteiger partial charge in [-0.25, -0.2) is 0 Å². The molecule has 14 heavy (non-hydrogen) atoms. The van der Waals surface area contributed by atoms with Crippen molar-refractivity contribution in [2.75, 3.05) is 7.11 Å². The molecule has 0 N–H and O–H groups in total. The van der Waals surface area contributed by atoms with E-state index in [-0.39, 0.29) is 0 Å². The zero-order valence-corrected chi connectivity index (χ0v) is 8.99. The van der Waals surface area contributed by atoms with Crippen molar-refractivity contribution in [3.8, 4) is 5.75 Å². The van der Waals surface area contributed by atoms with Crippen molar-refractivity contribution in [3.05, 3.63) is 29.8 Å². The van der Waals surface area contributed by atoms with Crippen LogP contribution in [0.1, 0.15) is 37.7 Å². The van der Waals surface area contributed by atoms with Crippen LogP contribution in [0.5, 0.6) is 5.75 Å². The minimum atomic E-state index is 0.755. The van der Waals surface area contributed by atoms with Gasteiger partial charge in [0.05, 0.1) is 7.11 Å². The summed E-state index contributed by atoms with van der Waals surface area (Å²) in [6, 6.07) is 8.53. The van der Waals surface area contributed by atoms with Gasteiger partial charge in [-0.3, -0.25) is 0 Å². The van der Waals surface area contributed by atoms with E-state index < -0.39 is 0 Å². The van der Waals surface area contributed by atoms with Crippen molar-refractivity contribution in [1.29, 1.82) is 0 Å². The van der Waals surface area contributed by atoms with Gasteiger partial charge in [-0.2, -0.15) is 0 Å². The van der Waals surface area contributed by atoms with Gasteiger partial charge in [-0.05, 0) is 36.0 Å². The van der Waals surface area contributed by atoms with Gasteiger partial charge < -0.3 is 4.74 Å². The largest absolute Gasteiger partial charge is 0.497 e. The third-order valence-corrected chi connectivity index (χ3v) is 3.38. The summed E-state index contributed by atoms with van der Waals surface area (Å²) >= 11 is 0. The van der Waals surface area contributed by atoms with Crippen molar-refractivity contribution >= 4 is 0 Å². The standard InChI is InChI=1S/C13H18O/c1-10-5-3-8-13(10)11-6-4-7-12(9-11)14-2/h4,6-7,9-10,13H,3,5,8H2,1-2H3/t10-,13-/m1/s1. The van der Waals surface area contributed by atoms with E-state index in [0.717, 1.165) is 17.6 Å². The molecule has 0 unspecified atom stereocenters. The number of hydrogen-bond acceptors (Lipinski definition) is 1. The fourth-order valence-electron chi connectivity index (χ4n) is 2.51. The summed E-state index contributed by atoms with van der Waals surface area (Å²) < 4.78 is 5.25. The summed E-state index contributed by atoms with van der Waals surface area (Å²) in [6.07, 6.45) is 4.10. The Morgan fingerprint density at radius 3 is 2.79 bits per heavy atom. The van der Waals surface area contributed by atoms with E-state index in [1.807, 2.05) is 6.07 Å². The predicted octanol–water partition coefficient (Wildman–Crippen LogP) is 3.60. The Hall–Kier alpha value is -0.980. The molecule has 1 nitrogen and oxygen atoms in total. The number of methoxy groups -OCH3 is 1. The second-order valence-corrected chi connectivity index (χ2v) is 4.29. The smallest absolute Gasteiger partial charge is 0.119 e. The van der Waals surface area contributed by atoms with Gasteiger partial charge in [0.2, 0.25) is 0 Å². The zero-order chi connectivity index (χ0) is 9.97. The van der Waals surface area contributed by atoms with Crippen LogP contribution in [0, 0.1) is 5.92 Å². The Balaban J connectivity index is 2.22. The molecule has 0 bridgehead atoms. The molecule has 0 heterocycles. The Bertz CT molecular complexity index is 306. The summed E-state index contributed by atoms with van der Waals surface area (Å²) in [5.41, 5.74) is 1.45. The molecule has 0 amide bonds. The number of rotatable bonds is 2. The molecule has 1 aromatic rings. The van der Waals surface area contributed by atoms with Crippen LogP contribution in [-0.4, -0.2) is 7.11 Å². The lowest BCUT2D eigenvalue weighted by atomic mass is 9.90. The number of benzene rings is 1. The van der Waals surface area contributed by atoms with Crippen LogP contribution in [0.15, 0.2) is 24.3 Å². The molecule has 2 rings (SSSR count). The summed E-state index contributed by atoms with van der Waals surface area (Å²) in [5, 5.41) is 0. The quantitative estimate of drug-likeness (QED) is 0.692. The summed E-state index contributed by atoms with van der Waals surface area (Å²) in [4.78, 5) is 0. The highest BCUT2D eigenvalue weighted by atomic mass is 16.5. The Morgan fingerprint density at radius 1 is 1.29 bits per heavy atom. The highest BCUT2D eigenvalue weighted by Gasteiger charge is 2.24. The minimum Gasteiger partial charge on any atom is -0.497 e.